The molecule has 7 heteroatoms. The molecule has 0 bridgehead atoms. The van der Waals surface area contributed by atoms with E-state index in [-0.39, 0.29) is 16.1 Å². The fourth-order valence-corrected chi connectivity index (χ4v) is 3.87. The third-order valence-electron chi connectivity index (χ3n) is 2.90. The van der Waals surface area contributed by atoms with Crippen molar-refractivity contribution in [2.45, 2.75) is 57.4 Å². The van der Waals surface area contributed by atoms with E-state index in [1.54, 1.807) is 4.68 Å². The molecule has 0 amide bonds. The molecule has 0 aliphatic heterocycles. The van der Waals surface area contributed by atoms with Crippen LogP contribution < -0.4 is 0 Å². The lowest BCUT2D eigenvalue weighted by Gasteiger charge is -2.13. The number of hydrogen-bond donors (Lipinski definition) is 0. The second-order valence-corrected chi connectivity index (χ2v) is 7.03. The molecule has 0 unspecified atom stereocenters. The van der Waals surface area contributed by atoms with Crippen LogP contribution in [0, 0.1) is 0 Å². The Kier molecular flexibility index (Phi) is 5.49. The number of nitrogens with zero attached hydrogens (tertiary/aromatic N) is 2. The Bertz CT molecular complexity index is 507. The molecule has 0 saturated carbocycles. The maximum absolute atomic E-state index is 11.6. The predicted octanol–water partition coefficient (Wildman–Crippen LogP) is 3.78. The van der Waals surface area contributed by atoms with Crippen LogP contribution in [0.15, 0.2) is 4.90 Å². The maximum Gasteiger partial charge on any atom is 0.266 e. The molecule has 4 nitrogen and oxygen atoms in total. The quantitative estimate of drug-likeness (QED) is 0.751. The van der Waals surface area contributed by atoms with Gasteiger partial charge in [0.05, 0.1) is 11.7 Å². The second-order valence-electron chi connectivity index (χ2n) is 4.17. The molecular weight excluding hydrogens is 295 g/mol. The van der Waals surface area contributed by atoms with Gasteiger partial charge >= 0.3 is 0 Å². The summed E-state index contributed by atoms with van der Waals surface area (Å²) in [6.45, 7) is 5.98. The molecule has 0 N–H and O–H groups in total. The zero-order chi connectivity index (χ0) is 13.9. The van der Waals surface area contributed by atoms with Crippen molar-refractivity contribution in [1.29, 1.82) is 0 Å². The lowest BCUT2D eigenvalue weighted by molar-refractivity contribution is 0.425. The first-order chi connectivity index (χ1) is 8.36. The Morgan fingerprint density at radius 1 is 1.28 bits per heavy atom. The van der Waals surface area contributed by atoms with Crippen LogP contribution in [0.1, 0.15) is 51.8 Å². The third-order valence-corrected chi connectivity index (χ3v) is 4.75. The molecule has 0 aliphatic rings. The smallest absolute Gasteiger partial charge is 0.249 e. The van der Waals surface area contributed by atoms with Gasteiger partial charge in [0.1, 0.15) is 10.0 Å². The van der Waals surface area contributed by atoms with E-state index in [9.17, 15) is 8.42 Å². The van der Waals surface area contributed by atoms with Crippen LogP contribution in [-0.2, 0) is 15.5 Å². The highest BCUT2D eigenvalue weighted by atomic mass is 35.7. The maximum atomic E-state index is 11.6. The molecule has 1 rings (SSSR count). The summed E-state index contributed by atoms with van der Waals surface area (Å²) in [7, 11) is 1.59. The van der Waals surface area contributed by atoms with Gasteiger partial charge in [-0.15, -0.1) is 0 Å². The largest absolute Gasteiger partial charge is 0.266 e. The molecule has 104 valence electrons. The van der Waals surface area contributed by atoms with Gasteiger partial charge in [-0.3, -0.25) is 0 Å². The van der Waals surface area contributed by atoms with Gasteiger partial charge in [-0.05, 0) is 19.3 Å². The molecule has 18 heavy (non-hydrogen) atoms. The van der Waals surface area contributed by atoms with Crippen molar-refractivity contribution in [2.24, 2.45) is 0 Å². The zero-order valence-electron chi connectivity index (χ0n) is 10.8. The van der Waals surface area contributed by atoms with E-state index < -0.39 is 9.05 Å². The predicted molar refractivity (Wildman–Crippen MR) is 73.9 cm³/mol. The van der Waals surface area contributed by atoms with Crippen molar-refractivity contribution in [3.63, 3.8) is 0 Å². The van der Waals surface area contributed by atoms with Gasteiger partial charge in [-0.1, -0.05) is 38.8 Å². The molecule has 0 spiro atoms. The van der Waals surface area contributed by atoms with Crippen molar-refractivity contribution in [1.82, 2.24) is 9.78 Å². The van der Waals surface area contributed by atoms with Crippen molar-refractivity contribution in [3.8, 4) is 0 Å². The van der Waals surface area contributed by atoms with Crippen LogP contribution in [0.3, 0.4) is 0 Å². The first-order valence-corrected chi connectivity index (χ1v) is 8.76. The number of aryl methyl sites for hydroxylation is 1. The van der Waals surface area contributed by atoms with Crippen LogP contribution in [-0.4, -0.2) is 18.2 Å². The Morgan fingerprint density at radius 2 is 1.83 bits per heavy atom. The molecule has 0 saturated heterocycles. The summed E-state index contributed by atoms with van der Waals surface area (Å²) in [6, 6.07) is 0.0975. The summed E-state index contributed by atoms with van der Waals surface area (Å²) < 4.78 is 24.8. The fourth-order valence-electron chi connectivity index (χ4n) is 1.96. The van der Waals surface area contributed by atoms with E-state index in [1.165, 1.54) is 0 Å². The summed E-state index contributed by atoms with van der Waals surface area (Å²) in [5.74, 6) is 0. The van der Waals surface area contributed by atoms with Gasteiger partial charge < -0.3 is 0 Å². The van der Waals surface area contributed by atoms with Crippen LogP contribution >= 0.6 is 22.3 Å². The van der Waals surface area contributed by atoms with Crippen molar-refractivity contribution < 1.29 is 8.42 Å². The molecule has 1 aromatic heterocycles. The number of aromatic nitrogens is 2. The molecule has 0 aliphatic carbocycles. The van der Waals surface area contributed by atoms with E-state index in [1.807, 2.05) is 20.8 Å². The topological polar surface area (TPSA) is 52.0 Å². The Balaban J connectivity index is 3.41. The summed E-state index contributed by atoms with van der Waals surface area (Å²) in [5.41, 5.74) is 0.462. The second kappa shape index (κ2) is 6.26. The highest BCUT2D eigenvalue weighted by molar-refractivity contribution is 8.13. The van der Waals surface area contributed by atoms with Crippen molar-refractivity contribution >= 4 is 31.3 Å². The van der Waals surface area contributed by atoms with Gasteiger partial charge in [0.15, 0.2) is 0 Å². The Morgan fingerprint density at radius 3 is 2.22 bits per heavy atom. The molecule has 0 fully saturated rings. The first kappa shape index (κ1) is 15.8. The van der Waals surface area contributed by atoms with E-state index >= 15 is 0 Å². The Labute approximate surface area is 118 Å². The standard InChI is InChI=1S/C11H18Cl2N2O2S/c1-4-7-9-10(18(13,16)17)11(12)15(14-9)8(5-2)6-3/h8H,4-7H2,1-3H3. The van der Waals surface area contributed by atoms with Gasteiger partial charge in [0.2, 0.25) is 0 Å². The van der Waals surface area contributed by atoms with Crippen molar-refractivity contribution in [3.05, 3.63) is 10.8 Å². The van der Waals surface area contributed by atoms with Crippen LogP contribution in [0.5, 0.6) is 0 Å². The summed E-state index contributed by atoms with van der Waals surface area (Å²) in [5, 5.41) is 4.46. The van der Waals surface area contributed by atoms with Gasteiger partial charge in [0.25, 0.3) is 9.05 Å². The third kappa shape index (κ3) is 3.19. The first-order valence-electron chi connectivity index (χ1n) is 6.08. The minimum Gasteiger partial charge on any atom is -0.249 e. The molecular formula is C11H18Cl2N2O2S. The molecule has 0 atom stereocenters. The van der Waals surface area contributed by atoms with Crippen LogP contribution in [0.2, 0.25) is 5.15 Å². The summed E-state index contributed by atoms with van der Waals surface area (Å²) in [4.78, 5) is -0.0282. The van der Waals surface area contributed by atoms with E-state index in [4.69, 9.17) is 22.3 Å². The fraction of sp³-hybridized carbons (Fsp3) is 0.727. The minimum absolute atomic E-state index is 0.0282. The summed E-state index contributed by atoms with van der Waals surface area (Å²) >= 11 is 6.14. The number of rotatable bonds is 6. The summed E-state index contributed by atoms with van der Waals surface area (Å²) in [6.07, 6.45) is 3.01. The van der Waals surface area contributed by atoms with Crippen LogP contribution in [0.25, 0.3) is 0 Å². The van der Waals surface area contributed by atoms with Gasteiger partial charge in [-0.25, -0.2) is 13.1 Å². The Hall–Kier alpha value is -0.260. The molecule has 0 radical (unpaired) electrons. The van der Waals surface area contributed by atoms with E-state index in [2.05, 4.69) is 5.10 Å². The average Bonchev–Trinajstić information content (AvgIpc) is 2.58. The SMILES string of the molecule is CCCc1nn(C(CC)CC)c(Cl)c1S(=O)(=O)Cl. The molecule has 1 heterocycles. The molecule has 1 aromatic rings. The van der Waals surface area contributed by atoms with Gasteiger partial charge in [0, 0.05) is 10.7 Å². The number of halogens is 2. The highest BCUT2D eigenvalue weighted by Crippen LogP contribution is 2.32. The molecule has 0 aromatic carbocycles. The minimum atomic E-state index is -3.86. The average molecular weight is 313 g/mol. The van der Waals surface area contributed by atoms with E-state index in [0.29, 0.717) is 12.1 Å². The highest BCUT2D eigenvalue weighted by Gasteiger charge is 2.27. The normalized spacial score (nSPS) is 12.3. The lowest BCUT2D eigenvalue weighted by atomic mass is 10.2. The number of hydrogen-bond acceptors (Lipinski definition) is 3. The zero-order valence-corrected chi connectivity index (χ0v) is 13.1. The monoisotopic (exact) mass is 312 g/mol. The van der Waals surface area contributed by atoms with E-state index in [0.717, 1.165) is 19.3 Å². The lowest BCUT2D eigenvalue weighted by Crippen LogP contribution is -2.09. The van der Waals surface area contributed by atoms with Crippen LogP contribution in [0.4, 0.5) is 0 Å². The van der Waals surface area contributed by atoms with Crippen molar-refractivity contribution in [2.75, 3.05) is 0 Å². The van der Waals surface area contributed by atoms with Gasteiger partial charge in [-0.2, -0.15) is 5.10 Å².